The number of hydrogen-bond donors (Lipinski definition) is 1. The molecule has 0 aliphatic carbocycles. The smallest absolute Gasteiger partial charge is 0.339 e. The average Bonchev–Trinajstić information content (AvgIpc) is 2.79. The van der Waals surface area contributed by atoms with Gasteiger partial charge >= 0.3 is 5.97 Å². The van der Waals surface area contributed by atoms with Crippen LogP contribution < -0.4 is 4.90 Å². The summed E-state index contributed by atoms with van der Waals surface area (Å²) in [7, 11) is 0. The number of carboxylic acids is 1. The number of anilines is 1. The first-order valence-corrected chi connectivity index (χ1v) is 8.24. The summed E-state index contributed by atoms with van der Waals surface area (Å²) in [6.07, 6.45) is 0.172. The van der Waals surface area contributed by atoms with Crippen LogP contribution in [0.3, 0.4) is 0 Å². The largest absolute Gasteiger partial charge is 0.478 e. The van der Waals surface area contributed by atoms with E-state index < -0.39 is 11.8 Å². The number of halogens is 2. The molecule has 1 aliphatic heterocycles. The maximum Gasteiger partial charge on any atom is 0.339 e. The summed E-state index contributed by atoms with van der Waals surface area (Å²) in [4.78, 5) is 35.7. The van der Waals surface area contributed by atoms with E-state index in [-0.39, 0.29) is 45.6 Å². The van der Waals surface area contributed by atoms with E-state index in [1.807, 2.05) is 0 Å². The lowest BCUT2D eigenvalue weighted by Gasteiger charge is -2.20. The van der Waals surface area contributed by atoms with Crippen LogP contribution in [0.25, 0.3) is 0 Å². The van der Waals surface area contributed by atoms with Gasteiger partial charge in [-0.1, -0.05) is 11.8 Å². The minimum Gasteiger partial charge on any atom is -0.478 e. The van der Waals surface area contributed by atoms with Gasteiger partial charge in [-0.05, 0) is 34.0 Å². The lowest BCUT2D eigenvalue weighted by Crippen LogP contribution is -2.28. The Morgan fingerprint density at radius 3 is 2.77 bits per heavy atom. The van der Waals surface area contributed by atoms with E-state index in [1.54, 1.807) is 0 Å². The Kier molecular flexibility index (Phi) is 5.23. The highest BCUT2D eigenvalue weighted by molar-refractivity contribution is 9.10. The van der Waals surface area contributed by atoms with Crippen molar-refractivity contribution in [1.29, 1.82) is 0 Å². The number of rotatable bonds is 4. The molecule has 0 radical (unpaired) electrons. The van der Waals surface area contributed by atoms with Crippen LogP contribution in [0.5, 0.6) is 0 Å². The Bertz CT molecular complexity index is 652. The fourth-order valence-corrected chi connectivity index (χ4v) is 3.54. The molecule has 0 bridgehead atoms. The molecule has 1 N–H and O–H groups in total. The van der Waals surface area contributed by atoms with E-state index in [2.05, 4.69) is 15.9 Å². The second-order valence-electron chi connectivity index (χ2n) is 4.94. The van der Waals surface area contributed by atoms with Gasteiger partial charge in [-0.25, -0.2) is 9.18 Å². The Hall–Kier alpha value is -1.41. The summed E-state index contributed by atoms with van der Waals surface area (Å²) in [5.74, 6) is -2.06. The third-order valence-corrected chi connectivity index (χ3v) is 4.99. The molecule has 1 saturated heterocycles. The Labute approximate surface area is 139 Å². The molecule has 1 amide bonds. The van der Waals surface area contributed by atoms with Gasteiger partial charge in [-0.2, -0.15) is 0 Å². The first kappa shape index (κ1) is 17.0. The van der Waals surface area contributed by atoms with Gasteiger partial charge in [0.2, 0.25) is 5.91 Å². The number of aromatic carboxylic acids is 1. The van der Waals surface area contributed by atoms with Crippen LogP contribution in [-0.4, -0.2) is 34.4 Å². The van der Waals surface area contributed by atoms with Crippen molar-refractivity contribution in [2.75, 3.05) is 17.2 Å². The number of carbonyl (C=O) groups is 3. The maximum absolute atomic E-state index is 14.1. The van der Waals surface area contributed by atoms with E-state index in [0.717, 1.165) is 22.7 Å². The van der Waals surface area contributed by atoms with Gasteiger partial charge in [0, 0.05) is 30.1 Å². The molecule has 5 nitrogen and oxygen atoms in total. The molecule has 1 aromatic rings. The summed E-state index contributed by atoms with van der Waals surface area (Å²) in [6, 6.07) is 2.42. The molecule has 8 heteroatoms. The highest BCUT2D eigenvalue weighted by atomic mass is 79.9. The predicted molar refractivity (Wildman–Crippen MR) is 84.7 cm³/mol. The predicted octanol–water partition coefficient (Wildman–Crippen LogP) is 2.92. The van der Waals surface area contributed by atoms with Crippen LogP contribution in [0, 0.1) is 11.7 Å². The zero-order chi connectivity index (χ0) is 16.4. The molecule has 1 aromatic carbocycles. The maximum atomic E-state index is 14.1. The van der Waals surface area contributed by atoms with E-state index in [9.17, 15) is 23.9 Å². The van der Waals surface area contributed by atoms with Crippen molar-refractivity contribution < 1.29 is 23.9 Å². The van der Waals surface area contributed by atoms with Gasteiger partial charge < -0.3 is 10.0 Å². The quantitative estimate of drug-likeness (QED) is 0.856. The Morgan fingerprint density at radius 1 is 1.50 bits per heavy atom. The second-order valence-corrected chi connectivity index (χ2v) is 6.99. The van der Waals surface area contributed by atoms with Crippen molar-refractivity contribution in [3.63, 3.8) is 0 Å². The first-order chi connectivity index (χ1) is 10.3. The van der Waals surface area contributed by atoms with Crippen molar-refractivity contribution in [1.82, 2.24) is 0 Å². The highest BCUT2D eigenvalue weighted by Crippen LogP contribution is 2.35. The third-order valence-electron chi connectivity index (χ3n) is 3.29. The van der Waals surface area contributed by atoms with Gasteiger partial charge in [0.15, 0.2) is 5.12 Å². The normalized spacial score (nSPS) is 17.9. The molecule has 0 aromatic heterocycles. The van der Waals surface area contributed by atoms with Crippen molar-refractivity contribution in [3.05, 3.63) is 28.0 Å². The summed E-state index contributed by atoms with van der Waals surface area (Å²) in [5.41, 5.74) is -0.490. The molecule has 22 heavy (non-hydrogen) atoms. The van der Waals surface area contributed by atoms with Crippen LogP contribution in [0.15, 0.2) is 16.6 Å². The zero-order valence-electron chi connectivity index (χ0n) is 11.6. The summed E-state index contributed by atoms with van der Waals surface area (Å²) >= 11 is 4.19. The standard InChI is InChI=1S/C14H13BrFNO4S/c1-7(18)22-6-8-4-11(19)17(5-8)13-10(16)3-2-9(15)12(13)14(20)21/h2-3,8H,4-6H2,1H3,(H,20,21). The molecular weight excluding hydrogens is 377 g/mol. The number of carboxylic acid groups (broad SMARTS) is 1. The lowest BCUT2D eigenvalue weighted by molar-refractivity contribution is -0.117. The highest BCUT2D eigenvalue weighted by Gasteiger charge is 2.35. The van der Waals surface area contributed by atoms with Crippen LogP contribution in [0.2, 0.25) is 0 Å². The van der Waals surface area contributed by atoms with Gasteiger partial charge in [0.05, 0.1) is 5.69 Å². The number of amides is 1. The second kappa shape index (κ2) is 6.78. The van der Waals surface area contributed by atoms with Crippen molar-refractivity contribution in [2.45, 2.75) is 13.3 Å². The van der Waals surface area contributed by atoms with Gasteiger partial charge in [0.1, 0.15) is 11.4 Å². The van der Waals surface area contributed by atoms with Crippen LogP contribution >= 0.6 is 27.7 Å². The summed E-state index contributed by atoms with van der Waals surface area (Å²) in [5, 5.41) is 9.23. The SMILES string of the molecule is CC(=O)SCC1CC(=O)N(c2c(F)ccc(Br)c2C(=O)O)C1. The van der Waals surface area contributed by atoms with E-state index >= 15 is 0 Å². The van der Waals surface area contributed by atoms with Crippen LogP contribution in [0.4, 0.5) is 10.1 Å². The molecule has 1 heterocycles. The summed E-state index contributed by atoms with van der Waals surface area (Å²) in [6.45, 7) is 1.64. The van der Waals surface area contributed by atoms with E-state index in [4.69, 9.17) is 0 Å². The summed E-state index contributed by atoms with van der Waals surface area (Å²) < 4.78 is 14.3. The fraction of sp³-hybridized carbons (Fsp3) is 0.357. The number of nitrogens with zero attached hydrogens (tertiary/aromatic N) is 1. The first-order valence-electron chi connectivity index (χ1n) is 6.46. The molecular formula is C14H13BrFNO4S. The molecule has 1 unspecified atom stereocenters. The van der Waals surface area contributed by atoms with Gasteiger partial charge in [-0.15, -0.1) is 0 Å². The topological polar surface area (TPSA) is 74.7 Å². The fourth-order valence-electron chi connectivity index (χ4n) is 2.35. The van der Waals surface area contributed by atoms with Gasteiger partial charge in [-0.3, -0.25) is 9.59 Å². The van der Waals surface area contributed by atoms with E-state index in [0.29, 0.717) is 5.75 Å². The molecule has 1 atom stereocenters. The third kappa shape index (κ3) is 3.49. The number of benzene rings is 1. The minimum absolute atomic E-state index is 0.0502. The van der Waals surface area contributed by atoms with Crippen molar-refractivity contribution in [2.24, 2.45) is 5.92 Å². The average molecular weight is 390 g/mol. The lowest BCUT2D eigenvalue weighted by atomic mass is 10.1. The molecule has 1 fully saturated rings. The van der Waals surface area contributed by atoms with Crippen molar-refractivity contribution in [3.8, 4) is 0 Å². The number of thioether (sulfide) groups is 1. The number of carbonyl (C=O) groups excluding carboxylic acids is 2. The van der Waals surface area contributed by atoms with Crippen LogP contribution in [0.1, 0.15) is 23.7 Å². The monoisotopic (exact) mass is 389 g/mol. The molecule has 0 spiro atoms. The molecule has 2 rings (SSSR count). The van der Waals surface area contributed by atoms with Gasteiger partial charge in [0.25, 0.3) is 0 Å². The van der Waals surface area contributed by atoms with Crippen molar-refractivity contribution >= 4 is 50.4 Å². The molecule has 0 saturated carbocycles. The molecule has 118 valence electrons. The number of hydrogen-bond acceptors (Lipinski definition) is 4. The van der Waals surface area contributed by atoms with E-state index in [1.165, 1.54) is 13.0 Å². The Balaban J connectivity index is 2.32. The minimum atomic E-state index is -1.31. The Morgan fingerprint density at radius 2 is 2.18 bits per heavy atom. The molecule has 1 aliphatic rings. The van der Waals surface area contributed by atoms with Crippen LogP contribution in [-0.2, 0) is 9.59 Å². The zero-order valence-corrected chi connectivity index (χ0v) is 14.0.